The summed E-state index contributed by atoms with van der Waals surface area (Å²) in [6.45, 7) is 3.93. The maximum absolute atomic E-state index is 13.8. The van der Waals surface area contributed by atoms with E-state index < -0.39 is 304 Å². The molecule has 5 amide bonds. The predicted octanol–water partition coefficient (Wildman–Crippen LogP) is -8.83. The van der Waals surface area contributed by atoms with Gasteiger partial charge in [-0.15, -0.1) is 5.10 Å². The van der Waals surface area contributed by atoms with E-state index >= 15 is 0 Å². The van der Waals surface area contributed by atoms with Gasteiger partial charge in [-0.2, -0.15) is 0 Å². The molecule has 5 aliphatic heterocycles. The van der Waals surface area contributed by atoms with Gasteiger partial charge in [-0.25, -0.2) is 14.0 Å². The first-order chi connectivity index (χ1) is 56.4. The van der Waals surface area contributed by atoms with Crippen molar-refractivity contribution in [3.8, 4) is 0 Å². The van der Waals surface area contributed by atoms with Gasteiger partial charge in [-0.3, -0.25) is 47.7 Å². The average molecular weight is 1740 g/mol. The minimum absolute atomic E-state index is 0.0286. The first kappa shape index (κ1) is 101. The van der Waals surface area contributed by atoms with Crippen LogP contribution in [0.1, 0.15) is 131 Å². The number of ether oxygens (including phenoxy) is 14. The first-order valence-electron chi connectivity index (χ1n) is 38.8. The number of amides is 5. The van der Waals surface area contributed by atoms with Gasteiger partial charge in [0.1, 0.15) is 122 Å². The standard InChI is InChI=1S/C69H113N8O41P/c1-8-32(107-45(89)11-4)21-43(87)73-50-60(113-47(91)13-6)54(95)39(30-106-65-51(74-44(88)22-33(9-2)108-46(90)12-5)62(114-48(92)14-7)59(38(29-81)110-65)118-119(101,102)103)112-64(50)104-19-17-70-41(85)15-16-42(86)71-24-31-25-77(76-75-31)18-20-105-66-56(97)55(96)58(37(28-80)111-66)115-67-57(98)63(53(94)36(27-79)109-67)117-69(68(99)100)23-34(82)49(72-40(84)10-3)61(116-69)52(93)35(83)26-78/h25,32-39,49-67,78-83,93-98H,8-24,26-30H2,1-7H3,(H,70,85)(H,71,86)(H,72,84)(H,73,87)(H,74,88)(H,99,100)(H2,101,102,103)/t32-,33-,34-,35-,36?,37?,38?,39?,49-,50?,51?,52-,53+,54-,55-,56?,57?,58-,59-,60-,61?,62-,63+,64-,65-,66-,67+,69+/m1/s1. The van der Waals surface area contributed by atoms with Crippen molar-refractivity contribution in [3.63, 3.8) is 0 Å². The number of aliphatic hydroxyl groups excluding tert-OH is 12. The minimum atomic E-state index is -5.52. The normalized spacial score (nSPS) is 32.0. The number of aromatic nitrogens is 3. The highest BCUT2D eigenvalue weighted by Crippen LogP contribution is 2.44. The summed E-state index contributed by atoms with van der Waals surface area (Å²) in [5.74, 6) is -12.1. The number of carbonyl (C=O) groups is 10. The summed E-state index contributed by atoms with van der Waals surface area (Å²) in [5.41, 5.74) is 0.194. The van der Waals surface area contributed by atoms with Crippen LogP contribution in [0.4, 0.5) is 0 Å². The van der Waals surface area contributed by atoms with Gasteiger partial charge in [0.25, 0.3) is 5.79 Å². The third kappa shape index (κ3) is 28.8. The Bertz CT molecular complexity index is 3480. The topological polar surface area (TPSA) is 721 Å². The molecule has 5 fully saturated rings. The smallest absolute Gasteiger partial charge is 0.470 e. The molecule has 1 aromatic heterocycles. The summed E-state index contributed by atoms with van der Waals surface area (Å²) in [7, 11) is -5.52. The van der Waals surface area contributed by atoms with Crippen molar-refractivity contribution in [2.75, 3.05) is 52.8 Å². The monoisotopic (exact) mass is 1740 g/mol. The zero-order valence-electron chi connectivity index (χ0n) is 66.3. The molecule has 0 aromatic carbocycles. The van der Waals surface area contributed by atoms with E-state index in [0.717, 1.165) is 0 Å². The molecule has 0 saturated carbocycles. The van der Waals surface area contributed by atoms with Gasteiger partial charge in [0, 0.05) is 57.9 Å². The van der Waals surface area contributed by atoms with Crippen molar-refractivity contribution >= 4 is 67.2 Å². The van der Waals surface area contributed by atoms with Gasteiger partial charge >= 0.3 is 37.7 Å². The van der Waals surface area contributed by atoms with Crippen molar-refractivity contribution < 1.29 is 200 Å². The highest BCUT2D eigenvalue weighted by Gasteiger charge is 2.61. The molecule has 0 bridgehead atoms. The lowest BCUT2D eigenvalue weighted by Gasteiger charge is -2.50. The van der Waals surface area contributed by atoms with Crippen LogP contribution >= 0.6 is 7.82 Å². The largest absolute Gasteiger partial charge is 0.477 e. The molecule has 5 aliphatic rings. The maximum Gasteiger partial charge on any atom is 0.470 e. The number of hydrogen-bond donors (Lipinski definition) is 20. The minimum Gasteiger partial charge on any atom is -0.477 e. The van der Waals surface area contributed by atoms with Crippen LogP contribution in [0.3, 0.4) is 0 Å². The number of carbonyl (C=O) groups excluding carboxylic acids is 9. The Balaban J connectivity index is 1.06. The lowest BCUT2D eigenvalue weighted by molar-refractivity contribution is -0.386. The van der Waals surface area contributed by atoms with Crippen LogP contribution in [0.25, 0.3) is 0 Å². The van der Waals surface area contributed by atoms with Gasteiger partial charge < -0.3 is 169 Å². The number of esters is 4. The maximum atomic E-state index is 13.8. The average Bonchev–Trinajstić information content (AvgIpc) is 0.924. The molecular formula is C69H113N8O41P. The molecule has 680 valence electrons. The molecule has 49 nitrogen and oxygen atoms in total. The Kier molecular flexibility index (Phi) is 40.9. The second-order valence-corrected chi connectivity index (χ2v) is 29.3. The molecule has 0 spiro atoms. The van der Waals surface area contributed by atoms with E-state index in [0.29, 0.717) is 0 Å². The quantitative estimate of drug-likeness (QED) is 0.0125. The van der Waals surface area contributed by atoms with Crippen LogP contribution in [0, 0.1) is 0 Å². The number of phosphoric ester groups is 1. The molecule has 0 radical (unpaired) electrons. The van der Waals surface area contributed by atoms with E-state index in [2.05, 4.69) is 36.9 Å². The van der Waals surface area contributed by atoms with Gasteiger partial charge in [-0.1, -0.05) is 53.7 Å². The van der Waals surface area contributed by atoms with Gasteiger partial charge in [0.2, 0.25) is 29.5 Å². The molecule has 119 heavy (non-hydrogen) atoms. The highest BCUT2D eigenvalue weighted by atomic mass is 31.2. The Labute approximate surface area is 680 Å². The van der Waals surface area contributed by atoms with Crippen LogP contribution < -0.4 is 26.6 Å². The van der Waals surface area contributed by atoms with E-state index in [4.69, 9.17) is 70.8 Å². The Morgan fingerprint density at radius 3 is 1.62 bits per heavy atom. The lowest BCUT2D eigenvalue weighted by atomic mass is 9.88. The van der Waals surface area contributed by atoms with Gasteiger partial charge in [0.05, 0.1) is 90.5 Å². The first-order valence-corrected chi connectivity index (χ1v) is 40.3. The van der Waals surface area contributed by atoms with Crippen LogP contribution in [-0.2, 0) is 136 Å². The molecule has 9 unspecified atom stereocenters. The Morgan fingerprint density at radius 2 is 1.08 bits per heavy atom. The Hall–Kier alpha value is -6.93. The number of aliphatic hydroxyl groups is 12. The summed E-state index contributed by atoms with van der Waals surface area (Å²) in [5, 5.41) is 162. The summed E-state index contributed by atoms with van der Waals surface area (Å²) < 4.78 is 99.1. The number of nitrogens with zero attached hydrogens (tertiary/aromatic N) is 3. The molecule has 1 aromatic rings. The molecular weight excluding hydrogens is 1630 g/mol. The van der Waals surface area contributed by atoms with Crippen LogP contribution in [0.2, 0.25) is 0 Å². The van der Waals surface area contributed by atoms with Crippen LogP contribution in [-0.4, -0.2) is 374 Å². The number of nitrogens with one attached hydrogen (secondary N) is 5. The molecule has 20 N–H and O–H groups in total. The van der Waals surface area contributed by atoms with E-state index in [-0.39, 0.29) is 83.3 Å². The number of carboxylic acids is 1. The van der Waals surface area contributed by atoms with Crippen LogP contribution in [0.15, 0.2) is 6.20 Å². The molecule has 5 saturated heterocycles. The van der Waals surface area contributed by atoms with Crippen molar-refractivity contribution in [2.24, 2.45) is 0 Å². The summed E-state index contributed by atoms with van der Waals surface area (Å²) in [6.07, 6.45) is -46.9. The highest BCUT2D eigenvalue weighted by molar-refractivity contribution is 7.46. The van der Waals surface area contributed by atoms with Gasteiger partial charge in [-0.05, 0) is 12.8 Å². The number of carboxylic acid groups (broad SMARTS) is 1. The molecule has 6 heterocycles. The van der Waals surface area contributed by atoms with Crippen LogP contribution in [0.5, 0.6) is 0 Å². The number of rotatable bonds is 47. The second kappa shape index (κ2) is 48.2. The van der Waals surface area contributed by atoms with Crippen molar-refractivity contribution in [1.82, 2.24) is 41.6 Å². The third-order valence-corrected chi connectivity index (χ3v) is 20.0. The lowest BCUT2D eigenvalue weighted by Crippen LogP contribution is -2.71. The van der Waals surface area contributed by atoms with E-state index in [9.17, 15) is 129 Å². The summed E-state index contributed by atoms with van der Waals surface area (Å²) in [6, 6.07) is -5.03. The number of aliphatic carboxylic acids is 1. The van der Waals surface area contributed by atoms with E-state index in [1.54, 1.807) is 13.8 Å². The van der Waals surface area contributed by atoms with E-state index in [1.165, 1.54) is 45.5 Å². The third-order valence-electron chi connectivity index (χ3n) is 19.5. The number of hydrogen-bond acceptors (Lipinski definition) is 40. The fraction of sp³-hybridized carbons (Fsp3) is 0.826. The fourth-order valence-electron chi connectivity index (χ4n) is 13.0. The summed E-state index contributed by atoms with van der Waals surface area (Å²) >= 11 is 0. The Morgan fingerprint density at radius 1 is 0.563 bits per heavy atom. The SMILES string of the molecule is CCC(=O)N[C@H]1C([C@H](O)[C@H](O)CO)O[C@@](O[C@@H]2C(O)[C@H](O[C@@H]3C(CO)O[C@@H](OCCn4cc(CNC(=O)CCC(=O)NCCO[C@@H]5OC(CO[C@@H]6OC(CO)[C@@H](OP(=O)(O)O)[C@H](OC(=O)CC)C6NC(=O)C[C@@H](CC)OC(=O)CC)[C@@H](O)[C@H](OC(=O)CC)C5NC(=O)C[C@@H](CC)OC(=O)CC)nn4)C(O)[C@H]3O)OC(CO)[C@@H]2O)(C(=O)O)C[C@H]1O. The number of phosphoric acid groups is 1. The second-order valence-electron chi connectivity index (χ2n) is 28.1. The fourth-order valence-corrected chi connectivity index (χ4v) is 13.6. The van der Waals surface area contributed by atoms with Crippen molar-refractivity contribution in [3.05, 3.63) is 11.9 Å². The predicted molar refractivity (Wildman–Crippen MR) is 386 cm³/mol. The molecule has 28 atom stereocenters. The van der Waals surface area contributed by atoms with Crippen molar-refractivity contribution in [1.29, 1.82) is 0 Å². The molecule has 0 aliphatic carbocycles. The molecule has 6 rings (SSSR count). The van der Waals surface area contributed by atoms with E-state index in [1.807, 2.05) is 0 Å². The molecule has 50 heteroatoms. The van der Waals surface area contributed by atoms with Crippen molar-refractivity contribution in [2.45, 2.75) is 310 Å². The zero-order valence-corrected chi connectivity index (χ0v) is 67.2. The summed E-state index contributed by atoms with van der Waals surface area (Å²) in [4.78, 5) is 150. The zero-order chi connectivity index (χ0) is 88.3. The van der Waals surface area contributed by atoms with Gasteiger partial charge in [0.15, 0.2) is 37.4 Å².